The van der Waals surface area contributed by atoms with Crippen molar-refractivity contribution >= 4 is 5.69 Å². The molecule has 1 rings (SSSR count). The fourth-order valence-corrected chi connectivity index (χ4v) is 1.67. The molecule has 0 unspecified atom stereocenters. The van der Waals surface area contributed by atoms with Gasteiger partial charge in [-0.15, -0.1) is 0 Å². The molecule has 0 fully saturated rings. The van der Waals surface area contributed by atoms with Crippen LogP contribution in [-0.2, 0) is 16.0 Å². The number of anilines is 1. The van der Waals surface area contributed by atoms with Crippen molar-refractivity contribution in [1.29, 1.82) is 0 Å². The molecule has 0 aromatic heterocycles. The second-order valence-electron chi connectivity index (χ2n) is 4.22. The standard InChI is InChI=1S/C14H24N2O2/c1-3-16(8-9-18-11-10-17-2)12-13-4-6-14(15)7-5-13/h4-7H,3,8-12,15H2,1-2H3. The second-order valence-corrected chi connectivity index (χ2v) is 4.22. The first-order chi connectivity index (χ1) is 8.76. The van der Waals surface area contributed by atoms with E-state index in [4.69, 9.17) is 15.2 Å². The summed E-state index contributed by atoms with van der Waals surface area (Å²) in [7, 11) is 1.68. The minimum Gasteiger partial charge on any atom is -0.399 e. The van der Waals surface area contributed by atoms with E-state index in [0.717, 1.165) is 31.9 Å². The monoisotopic (exact) mass is 252 g/mol. The lowest BCUT2D eigenvalue weighted by molar-refractivity contribution is 0.0568. The predicted molar refractivity (Wildman–Crippen MR) is 74.5 cm³/mol. The van der Waals surface area contributed by atoms with E-state index < -0.39 is 0 Å². The zero-order chi connectivity index (χ0) is 13.2. The largest absolute Gasteiger partial charge is 0.399 e. The Morgan fingerprint density at radius 2 is 1.83 bits per heavy atom. The number of ether oxygens (including phenoxy) is 2. The second kappa shape index (κ2) is 8.91. The smallest absolute Gasteiger partial charge is 0.0700 e. The van der Waals surface area contributed by atoms with Crippen LogP contribution in [0.25, 0.3) is 0 Å². The number of hydrogen-bond donors (Lipinski definition) is 1. The Bertz CT molecular complexity index is 314. The molecule has 4 nitrogen and oxygen atoms in total. The van der Waals surface area contributed by atoms with Crippen molar-refractivity contribution in [3.63, 3.8) is 0 Å². The Hall–Kier alpha value is -1.10. The molecule has 0 radical (unpaired) electrons. The van der Waals surface area contributed by atoms with Gasteiger partial charge in [0.25, 0.3) is 0 Å². The number of nitrogens with zero attached hydrogens (tertiary/aromatic N) is 1. The van der Waals surface area contributed by atoms with Gasteiger partial charge in [0.05, 0.1) is 19.8 Å². The Balaban J connectivity index is 2.26. The highest BCUT2D eigenvalue weighted by Gasteiger charge is 2.03. The van der Waals surface area contributed by atoms with Gasteiger partial charge in [0.2, 0.25) is 0 Å². The van der Waals surface area contributed by atoms with Crippen LogP contribution < -0.4 is 5.73 Å². The van der Waals surface area contributed by atoms with Gasteiger partial charge in [0.1, 0.15) is 0 Å². The maximum atomic E-state index is 5.67. The van der Waals surface area contributed by atoms with Crippen LogP contribution in [0.15, 0.2) is 24.3 Å². The third-order valence-corrected chi connectivity index (χ3v) is 2.82. The van der Waals surface area contributed by atoms with Crippen molar-refractivity contribution < 1.29 is 9.47 Å². The van der Waals surface area contributed by atoms with Gasteiger partial charge in [-0.2, -0.15) is 0 Å². The first-order valence-electron chi connectivity index (χ1n) is 6.39. The highest BCUT2D eigenvalue weighted by Crippen LogP contribution is 2.08. The lowest BCUT2D eigenvalue weighted by Crippen LogP contribution is -2.27. The summed E-state index contributed by atoms with van der Waals surface area (Å²) < 4.78 is 10.4. The van der Waals surface area contributed by atoms with Gasteiger partial charge in [-0.1, -0.05) is 19.1 Å². The molecule has 0 bridgehead atoms. The molecule has 0 aliphatic rings. The number of nitrogens with two attached hydrogens (primary N) is 1. The fraction of sp³-hybridized carbons (Fsp3) is 0.571. The highest BCUT2D eigenvalue weighted by molar-refractivity contribution is 5.39. The van der Waals surface area contributed by atoms with Crippen LogP contribution in [0.5, 0.6) is 0 Å². The van der Waals surface area contributed by atoms with E-state index in [9.17, 15) is 0 Å². The van der Waals surface area contributed by atoms with Gasteiger partial charge in [-0.05, 0) is 24.2 Å². The summed E-state index contributed by atoms with van der Waals surface area (Å²) in [5.41, 5.74) is 7.76. The van der Waals surface area contributed by atoms with Crippen LogP contribution in [-0.4, -0.2) is 44.9 Å². The third-order valence-electron chi connectivity index (χ3n) is 2.82. The summed E-state index contributed by atoms with van der Waals surface area (Å²) >= 11 is 0. The normalized spacial score (nSPS) is 11.1. The first kappa shape index (κ1) is 15.0. The molecule has 0 aliphatic heterocycles. The summed E-state index contributed by atoms with van der Waals surface area (Å²) in [6.45, 7) is 7.10. The SMILES string of the molecule is CCN(CCOCCOC)Cc1ccc(N)cc1. The fourth-order valence-electron chi connectivity index (χ4n) is 1.67. The van der Waals surface area contributed by atoms with Crippen molar-refractivity contribution in [1.82, 2.24) is 4.90 Å². The Kier molecular flexibility index (Phi) is 7.41. The van der Waals surface area contributed by atoms with Gasteiger partial charge in [-0.25, -0.2) is 0 Å². The van der Waals surface area contributed by atoms with E-state index in [1.54, 1.807) is 7.11 Å². The Morgan fingerprint density at radius 3 is 2.44 bits per heavy atom. The van der Waals surface area contributed by atoms with E-state index in [1.807, 2.05) is 12.1 Å². The average Bonchev–Trinajstić information content (AvgIpc) is 2.39. The molecular weight excluding hydrogens is 228 g/mol. The molecule has 0 heterocycles. The number of likely N-dealkylation sites (N-methyl/N-ethyl adjacent to an activating group) is 1. The highest BCUT2D eigenvalue weighted by atomic mass is 16.5. The van der Waals surface area contributed by atoms with Crippen LogP contribution in [0.2, 0.25) is 0 Å². The molecule has 18 heavy (non-hydrogen) atoms. The molecule has 0 atom stereocenters. The Morgan fingerprint density at radius 1 is 1.11 bits per heavy atom. The topological polar surface area (TPSA) is 47.7 Å². The van der Waals surface area contributed by atoms with Gasteiger partial charge in [0.15, 0.2) is 0 Å². The Labute approximate surface area is 110 Å². The maximum Gasteiger partial charge on any atom is 0.0700 e. The van der Waals surface area contributed by atoms with E-state index in [-0.39, 0.29) is 0 Å². The van der Waals surface area contributed by atoms with Crippen LogP contribution in [0.4, 0.5) is 5.69 Å². The predicted octanol–water partition coefficient (Wildman–Crippen LogP) is 1.75. The van der Waals surface area contributed by atoms with Gasteiger partial charge in [-0.3, -0.25) is 4.90 Å². The molecule has 1 aromatic carbocycles. The zero-order valence-corrected chi connectivity index (χ0v) is 11.4. The van der Waals surface area contributed by atoms with Crippen molar-refractivity contribution in [2.75, 3.05) is 45.8 Å². The summed E-state index contributed by atoms with van der Waals surface area (Å²) in [5, 5.41) is 0. The maximum absolute atomic E-state index is 5.67. The van der Waals surface area contributed by atoms with Crippen molar-refractivity contribution in [3.8, 4) is 0 Å². The summed E-state index contributed by atoms with van der Waals surface area (Å²) in [5.74, 6) is 0. The van der Waals surface area contributed by atoms with E-state index in [2.05, 4.69) is 24.0 Å². The zero-order valence-electron chi connectivity index (χ0n) is 11.4. The van der Waals surface area contributed by atoms with Crippen LogP contribution in [0.3, 0.4) is 0 Å². The van der Waals surface area contributed by atoms with E-state index in [0.29, 0.717) is 13.2 Å². The van der Waals surface area contributed by atoms with E-state index >= 15 is 0 Å². The summed E-state index contributed by atoms with van der Waals surface area (Å²) in [4.78, 5) is 2.35. The van der Waals surface area contributed by atoms with Gasteiger partial charge < -0.3 is 15.2 Å². The number of hydrogen-bond acceptors (Lipinski definition) is 4. The van der Waals surface area contributed by atoms with Gasteiger partial charge >= 0.3 is 0 Å². The van der Waals surface area contributed by atoms with Crippen LogP contribution >= 0.6 is 0 Å². The average molecular weight is 252 g/mol. The molecule has 4 heteroatoms. The van der Waals surface area contributed by atoms with Crippen LogP contribution in [0.1, 0.15) is 12.5 Å². The van der Waals surface area contributed by atoms with Crippen LogP contribution in [0, 0.1) is 0 Å². The number of benzene rings is 1. The first-order valence-corrected chi connectivity index (χ1v) is 6.39. The molecule has 0 spiro atoms. The number of nitrogen functional groups attached to an aromatic ring is 1. The van der Waals surface area contributed by atoms with Crippen molar-refractivity contribution in [2.45, 2.75) is 13.5 Å². The minimum atomic E-state index is 0.657. The molecule has 0 saturated heterocycles. The summed E-state index contributed by atoms with van der Waals surface area (Å²) in [6, 6.07) is 8.03. The molecule has 0 aliphatic carbocycles. The third kappa shape index (κ3) is 6.00. The van der Waals surface area contributed by atoms with Gasteiger partial charge in [0, 0.05) is 25.9 Å². The molecular formula is C14H24N2O2. The number of rotatable bonds is 9. The lowest BCUT2D eigenvalue weighted by Gasteiger charge is -2.20. The summed E-state index contributed by atoms with van der Waals surface area (Å²) in [6.07, 6.45) is 0. The molecule has 2 N–H and O–H groups in total. The lowest BCUT2D eigenvalue weighted by atomic mass is 10.2. The molecule has 102 valence electrons. The number of methoxy groups -OCH3 is 1. The molecule has 0 amide bonds. The minimum absolute atomic E-state index is 0.657. The van der Waals surface area contributed by atoms with Crippen molar-refractivity contribution in [3.05, 3.63) is 29.8 Å². The molecule has 1 aromatic rings. The molecule has 0 saturated carbocycles. The van der Waals surface area contributed by atoms with Crippen molar-refractivity contribution in [2.24, 2.45) is 0 Å². The van der Waals surface area contributed by atoms with E-state index in [1.165, 1.54) is 5.56 Å². The quantitative estimate of drug-likeness (QED) is 0.537.